The smallest absolute Gasteiger partial charge is 0.226 e. The van der Waals surface area contributed by atoms with E-state index in [-0.39, 0.29) is 5.41 Å². The van der Waals surface area contributed by atoms with Gasteiger partial charge >= 0.3 is 0 Å². The summed E-state index contributed by atoms with van der Waals surface area (Å²) >= 11 is 0. The zero-order valence-corrected chi connectivity index (χ0v) is 18.2. The van der Waals surface area contributed by atoms with Gasteiger partial charge in [-0.1, -0.05) is 12.1 Å². The predicted octanol–water partition coefficient (Wildman–Crippen LogP) is 4.22. The van der Waals surface area contributed by atoms with Crippen molar-refractivity contribution in [1.29, 1.82) is 0 Å². The summed E-state index contributed by atoms with van der Waals surface area (Å²) in [5.74, 6) is 2.82. The highest BCUT2D eigenvalue weighted by molar-refractivity contribution is 5.83. The first-order chi connectivity index (χ1) is 14.0. The van der Waals surface area contributed by atoms with Gasteiger partial charge in [-0.3, -0.25) is 9.69 Å². The Morgan fingerprint density at radius 2 is 1.59 bits per heavy atom. The van der Waals surface area contributed by atoms with Crippen LogP contribution in [0.25, 0.3) is 0 Å². The van der Waals surface area contributed by atoms with Gasteiger partial charge in [-0.2, -0.15) is 0 Å². The van der Waals surface area contributed by atoms with Gasteiger partial charge in [-0.05, 0) is 99.9 Å². The SMILES string of the molecule is CN(C)c1ccc([C@@H](CNC(=O)C23CC4CC(CC(C4)C2)C3)N2CCCC2)cc1. The van der Waals surface area contributed by atoms with Crippen LogP contribution in [0.15, 0.2) is 24.3 Å². The molecule has 1 N–H and O–H groups in total. The number of carbonyl (C=O) groups is 1. The minimum absolute atomic E-state index is 0.0426. The lowest BCUT2D eigenvalue weighted by molar-refractivity contribution is -0.146. The zero-order chi connectivity index (χ0) is 20.0. The second kappa shape index (κ2) is 7.61. The summed E-state index contributed by atoms with van der Waals surface area (Å²) in [6.07, 6.45) is 10.2. The van der Waals surface area contributed by atoms with Gasteiger partial charge < -0.3 is 10.2 Å². The van der Waals surface area contributed by atoms with Crippen molar-refractivity contribution < 1.29 is 4.79 Å². The number of amides is 1. The van der Waals surface area contributed by atoms with Crippen LogP contribution in [0.2, 0.25) is 0 Å². The average Bonchev–Trinajstić information content (AvgIpc) is 3.22. The van der Waals surface area contributed by atoms with E-state index in [4.69, 9.17) is 0 Å². The number of nitrogens with zero attached hydrogens (tertiary/aromatic N) is 2. The maximum absolute atomic E-state index is 13.5. The van der Waals surface area contributed by atoms with Crippen LogP contribution in [0.1, 0.15) is 63.0 Å². The predicted molar refractivity (Wildman–Crippen MR) is 118 cm³/mol. The molecule has 1 aromatic rings. The zero-order valence-electron chi connectivity index (χ0n) is 18.2. The molecular formula is C25H37N3O. The second-order valence-electron chi connectivity index (χ2n) is 10.7. The molecule has 0 aromatic heterocycles. The van der Waals surface area contributed by atoms with Crippen molar-refractivity contribution in [2.45, 2.75) is 57.4 Å². The second-order valence-corrected chi connectivity index (χ2v) is 10.7. The van der Waals surface area contributed by atoms with Crippen LogP contribution in [-0.2, 0) is 4.79 Å². The number of hydrogen-bond acceptors (Lipinski definition) is 3. The topological polar surface area (TPSA) is 35.6 Å². The number of anilines is 1. The highest BCUT2D eigenvalue weighted by atomic mass is 16.2. The summed E-state index contributed by atoms with van der Waals surface area (Å²) in [4.78, 5) is 18.2. The summed E-state index contributed by atoms with van der Waals surface area (Å²) in [6, 6.07) is 9.23. The van der Waals surface area contributed by atoms with Crippen LogP contribution >= 0.6 is 0 Å². The molecule has 1 amide bonds. The number of likely N-dealkylation sites (tertiary alicyclic amines) is 1. The Morgan fingerprint density at radius 3 is 2.10 bits per heavy atom. The van der Waals surface area contributed by atoms with E-state index in [1.807, 2.05) is 0 Å². The van der Waals surface area contributed by atoms with Gasteiger partial charge in [0.1, 0.15) is 0 Å². The van der Waals surface area contributed by atoms with E-state index in [2.05, 4.69) is 53.5 Å². The fourth-order valence-electron chi connectivity index (χ4n) is 7.27. The van der Waals surface area contributed by atoms with Crippen molar-refractivity contribution in [1.82, 2.24) is 10.2 Å². The van der Waals surface area contributed by atoms with E-state index in [0.717, 1.165) is 56.7 Å². The molecule has 1 saturated heterocycles. The third kappa shape index (κ3) is 3.69. The Bertz CT molecular complexity index is 700. The molecule has 0 spiro atoms. The molecule has 5 aliphatic rings. The van der Waals surface area contributed by atoms with E-state index >= 15 is 0 Å². The maximum atomic E-state index is 13.5. The standard InChI is InChI=1S/C25H37N3O/c1-27(2)22-7-5-21(6-8-22)23(28-9-3-4-10-28)17-26-24(29)25-14-18-11-19(15-25)13-20(12-18)16-25/h5-8,18-20,23H,3-4,9-17H2,1-2H3,(H,26,29)/t18?,19?,20?,23-,25?/m1/s1. The number of hydrogen-bond donors (Lipinski definition) is 1. The first kappa shape index (κ1) is 19.4. The van der Waals surface area contributed by atoms with Crippen LogP contribution in [0.4, 0.5) is 5.69 Å². The molecule has 4 saturated carbocycles. The highest BCUT2D eigenvalue weighted by Gasteiger charge is 2.54. The van der Waals surface area contributed by atoms with Gasteiger partial charge in [0.05, 0.1) is 6.04 Å². The molecule has 6 rings (SSSR count). The van der Waals surface area contributed by atoms with Crippen LogP contribution in [0.3, 0.4) is 0 Å². The van der Waals surface area contributed by atoms with E-state index in [9.17, 15) is 4.79 Å². The number of benzene rings is 1. The first-order valence-corrected chi connectivity index (χ1v) is 11.8. The molecule has 4 bridgehead atoms. The van der Waals surface area contributed by atoms with Gasteiger partial charge in [0.15, 0.2) is 0 Å². The van der Waals surface area contributed by atoms with Gasteiger partial charge in [0, 0.05) is 31.7 Å². The molecule has 1 aromatic carbocycles. The normalized spacial score (nSPS) is 34.3. The molecule has 158 valence electrons. The molecule has 4 nitrogen and oxygen atoms in total. The largest absolute Gasteiger partial charge is 0.378 e. The van der Waals surface area contributed by atoms with Crippen LogP contribution in [0.5, 0.6) is 0 Å². The van der Waals surface area contributed by atoms with E-state index in [0.29, 0.717) is 11.9 Å². The lowest BCUT2D eigenvalue weighted by Gasteiger charge is -2.55. The quantitative estimate of drug-likeness (QED) is 0.783. The maximum Gasteiger partial charge on any atom is 0.226 e. The van der Waals surface area contributed by atoms with Crippen LogP contribution < -0.4 is 10.2 Å². The lowest BCUT2D eigenvalue weighted by Crippen LogP contribution is -2.54. The third-order valence-electron chi connectivity index (χ3n) is 8.35. The summed E-state index contributed by atoms with van der Waals surface area (Å²) in [5.41, 5.74) is 2.52. The van der Waals surface area contributed by atoms with Crippen LogP contribution in [-0.4, -0.2) is 44.5 Å². The van der Waals surface area contributed by atoms with Gasteiger partial charge in [0.25, 0.3) is 0 Å². The number of carbonyl (C=O) groups excluding carboxylic acids is 1. The lowest BCUT2D eigenvalue weighted by atomic mass is 9.49. The fourth-order valence-corrected chi connectivity index (χ4v) is 7.27. The Labute approximate surface area is 176 Å². The van der Waals surface area contributed by atoms with E-state index < -0.39 is 0 Å². The molecule has 0 radical (unpaired) electrons. The Morgan fingerprint density at radius 1 is 1.03 bits per heavy atom. The highest BCUT2D eigenvalue weighted by Crippen LogP contribution is 2.60. The minimum atomic E-state index is -0.0426. The summed E-state index contributed by atoms with van der Waals surface area (Å²) < 4.78 is 0. The van der Waals surface area contributed by atoms with Crippen molar-refractivity contribution in [3.8, 4) is 0 Å². The Balaban J connectivity index is 1.30. The fraction of sp³-hybridized carbons (Fsp3) is 0.720. The molecule has 1 heterocycles. The van der Waals surface area contributed by atoms with Gasteiger partial charge in [-0.15, -0.1) is 0 Å². The molecule has 1 aliphatic heterocycles. The molecular weight excluding hydrogens is 358 g/mol. The Kier molecular flexibility index (Phi) is 5.09. The number of rotatable bonds is 6. The summed E-state index contributed by atoms with van der Waals surface area (Å²) in [5, 5.41) is 3.46. The Hall–Kier alpha value is -1.55. The third-order valence-corrected chi connectivity index (χ3v) is 8.35. The molecule has 29 heavy (non-hydrogen) atoms. The molecule has 4 heteroatoms. The summed E-state index contributed by atoms with van der Waals surface area (Å²) in [7, 11) is 4.16. The van der Waals surface area contributed by atoms with Crippen molar-refractivity contribution in [3.05, 3.63) is 29.8 Å². The minimum Gasteiger partial charge on any atom is -0.378 e. The molecule has 5 fully saturated rings. The van der Waals surface area contributed by atoms with Crippen molar-refractivity contribution in [2.24, 2.45) is 23.2 Å². The monoisotopic (exact) mass is 395 g/mol. The van der Waals surface area contributed by atoms with Crippen molar-refractivity contribution >= 4 is 11.6 Å². The number of nitrogens with one attached hydrogen (secondary N) is 1. The molecule has 4 aliphatic carbocycles. The first-order valence-electron chi connectivity index (χ1n) is 11.8. The van der Waals surface area contributed by atoms with Crippen molar-refractivity contribution in [3.63, 3.8) is 0 Å². The van der Waals surface area contributed by atoms with Crippen molar-refractivity contribution in [2.75, 3.05) is 38.6 Å². The summed E-state index contributed by atoms with van der Waals surface area (Å²) in [6.45, 7) is 3.04. The average molecular weight is 396 g/mol. The van der Waals surface area contributed by atoms with E-state index in [1.165, 1.54) is 43.4 Å². The van der Waals surface area contributed by atoms with Gasteiger partial charge in [0.2, 0.25) is 5.91 Å². The van der Waals surface area contributed by atoms with Gasteiger partial charge in [-0.25, -0.2) is 0 Å². The molecule has 0 unspecified atom stereocenters. The molecule has 1 atom stereocenters. The van der Waals surface area contributed by atoms with E-state index in [1.54, 1.807) is 0 Å². The van der Waals surface area contributed by atoms with Crippen LogP contribution in [0, 0.1) is 23.2 Å².